The molecule has 0 saturated carbocycles. The Morgan fingerprint density at radius 3 is 2.34 bits per heavy atom. The molecule has 0 atom stereocenters. The van der Waals surface area contributed by atoms with Crippen molar-refractivity contribution in [3.8, 4) is 16.9 Å². The quantitative estimate of drug-likeness (QED) is 0.200. The topological polar surface area (TPSA) is 107 Å². The van der Waals surface area contributed by atoms with Crippen molar-refractivity contribution in [2.45, 2.75) is 12.8 Å². The number of furan rings is 1. The maximum atomic E-state index is 13.8. The molecule has 5 rings (SSSR count). The summed E-state index contributed by atoms with van der Waals surface area (Å²) in [4.78, 5) is 28.4. The van der Waals surface area contributed by atoms with Gasteiger partial charge in [0.25, 0.3) is 11.8 Å². The van der Waals surface area contributed by atoms with Crippen LogP contribution in [0.2, 0.25) is 0 Å². The van der Waals surface area contributed by atoms with Crippen LogP contribution in [0.3, 0.4) is 0 Å². The standard InChI is InChI=1S/C27H15F6N3O4S/c28-13-3-1-12(2-4-13)16-10-20(27(31,32)33)35-26-21(16)22(23(41-26)24(34)37)36-25(38)19-8-6-15(40-19)11-39-18-7-5-14(29)9-17(18)30/h1-10H,11H2,(H2,34,37)(H,36,38). The zero-order valence-corrected chi connectivity index (χ0v) is 21.1. The van der Waals surface area contributed by atoms with Crippen molar-refractivity contribution in [2.24, 2.45) is 5.73 Å². The Kier molecular flexibility index (Phi) is 7.17. The number of nitrogens with zero attached hydrogens (tertiary/aromatic N) is 1. The van der Waals surface area contributed by atoms with Gasteiger partial charge >= 0.3 is 6.18 Å². The first-order chi connectivity index (χ1) is 19.4. The van der Waals surface area contributed by atoms with Crippen LogP contribution in [-0.4, -0.2) is 16.8 Å². The Labute approximate surface area is 230 Å². The number of ether oxygens (including phenoxy) is 1. The SMILES string of the molecule is NC(=O)c1sc2nc(C(F)(F)F)cc(-c3ccc(F)cc3)c2c1NC(=O)c1ccc(COc2ccc(F)cc2F)o1. The number of hydrogen-bond donors (Lipinski definition) is 2. The van der Waals surface area contributed by atoms with Crippen molar-refractivity contribution in [1.29, 1.82) is 0 Å². The van der Waals surface area contributed by atoms with Gasteiger partial charge in [0.2, 0.25) is 0 Å². The zero-order valence-electron chi connectivity index (χ0n) is 20.3. The molecule has 0 fully saturated rings. The van der Waals surface area contributed by atoms with Gasteiger partial charge in [0, 0.05) is 11.5 Å². The van der Waals surface area contributed by atoms with Crippen LogP contribution in [0.5, 0.6) is 5.75 Å². The van der Waals surface area contributed by atoms with Crippen LogP contribution in [0, 0.1) is 17.5 Å². The van der Waals surface area contributed by atoms with E-state index < -0.39 is 41.1 Å². The number of pyridine rings is 1. The van der Waals surface area contributed by atoms with Gasteiger partial charge in [0.15, 0.2) is 17.3 Å². The summed E-state index contributed by atoms with van der Waals surface area (Å²) in [6.45, 7) is -0.331. The summed E-state index contributed by atoms with van der Waals surface area (Å²) in [6.07, 6.45) is -4.85. The van der Waals surface area contributed by atoms with Gasteiger partial charge in [0.1, 0.15) is 39.4 Å². The third kappa shape index (κ3) is 5.72. The number of carbonyl (C=O) groups excluding carboxylic acids is 2. The average Bonchev–Trinajstić information content (AvgIpc) is 3.53. The van der Waals surface area contributed by atoms with E-state index in [1.54, 1.807) is 0 Å². The van der Waals surface area contributed by atoms with Crippen molar-refractivity contribution in [3.05, 3.63) is 100 Å². The molecule has 41 heavy (non-hydrogen) atoms. The lowest BCUT2D eigenvalue weighted by molar-refractivity contribution is -0.140. The lowest BCUT2D eigenvalue weighted by Gasteiger charge is -2.12. The van der Waals surface area contributed by atoms with Crippen LogP contribution < -0.4 is 15.8 Å². The summed E-state index contributed by atoms with van der Waals surface area (Å²) in [6, 6.07) is 10.6. The van der Waals surface area contributed by atoms with Crippen molar-refractivity contribution in [3.63, 3.8) is 0 Å². The number of carbonyl (C=O) groups is 2. The van der Waals surface area contributed by atoms with Crippen LogP contribution in [-0.2, 0) is 12.8 Å². The van der Waals surface area contributed by atoms with E-state index in [-0.39, 0.29) is 55.8 Å². The molecular formula is C27H15F6N3O4S. The van der Waals surface area contributed by atoms with Crippen LogP contribution in [0.15, 0.2) is 65.1 Å². The van der Waals surface area contributed by atoms with Crippen molar-refractivity contribution < 1.29 is 45.1 Å². The van der Waals surface area contributed by atoms with E-state index in [0.29, 0.717) is 17.4 Å². The lowest BCUT2D eigenvalue weighted by atomic mass is 10.0. The number of benzene rings is 2. The summed E-state index contributed by atoms with van der Waals surface area (Å²) in [5, 5.41) is 2.42. The fourth-order valence-corrected chi connectivity index (χ4v) is 4.89. The van der Waals surface area contributed by atoms with E-state index in [9.17, 15) is 35.9 Å². The van der Waals surface area contributed by atoms with Gasteiger partial charge in [-0.1, -0.05) is 12.1 Å². The molecule has 0 saturated heterocycles. The van der Waals surface area contributed by atoms with Gasteiger partial charge in [-0.15, -0.1) is 11.3 Å². The van der Waals surface area contributed by atoms with Crippen LogP contribution >= 0.6 is 11.3 Å². The van der Waals surface area contributed by atoms with Gasteiger partial charge in [0.05, 0.1) is 5.69 Å². The third-order valence-corrected chi connectivity index (χ3v) is 6.82. The Morgan fingerprint density at radius 2 is 1.68 bits per heavy atom. The fourth-order valence-electron chi connectivity index (χ4n) is 3.89. The van der Waals surface area contributed by atoms with Crippen LogP contribution in [0.25, 0.3) is 21.3 Å². The highest BCUT2D eigenvalue weighted by Crippen LogP contribution is 2.43. The van der Waals surface area contributed by atoms with Crippen molar-refractivity contribution >= 4 is 39.1 Å². The molecule has 3 N–H and O–H groups in total. The number of fused-ring (bicyclic) bond motifs is 1. The number of halogens is 6. The molecule has 0 aliphatic heterocycles. The van der Waals surface area contributed by atoms with E-state index in [1.165, 1.54) is 24.3 Å². The first-order valence-corrected chi connectivity index (χ1v) is 12.3. The summed E-state index contributed by atoms with van der Waals surface area (Å²) >= 11 is 0.537. The number of hydrogen-bond acceptors (Lipinski definition) is 6. The fraction of sp³-hybridized carbons (Fsp3) is 0.0741. The number of primary amides is 1. The normalized spacial score (nSPS) is 11.6. The number of aromatic nitrogens is 1. The van der Waals surface area contributed by atoms with Gasteiger partial charge in [-0.25, -0.2) is 18.2 Å². The minimum atomic E-state index is -4.85. The first kappa shape index (κ1) is 27.7. The highest BCUT2D eigenvalue weighted by atomic mass is 32.1. The minimum Gasteiger partial charge on any atom is -0.483 e. The number of amides is 2. The molecule has 0 bridgehead atoms. The average molecular weight is 591 g/mol. The maximum Gasteiger partial charge on any atom is 0.433 e. The molecule has 2 aromatic carbocycles. The molecule has 14 heteroatoms. The van der Waals surface area contributed by atoms with Gasteiger partial charge < -0.3 is 20.2 Å². The predicted molar refractivity (Wildman–Crippen MR) is 136 cm³/mol. The van der Waals surface area contributed by atoms with E-state index in [2.05, 4.69) is 10.3 Å². The van der Waals surface area contributed by atoms with Gasteiger partial charge in [-0.05, 0) is 53.6 Å². The Hall–Kier alpha value is -4.85. The maximum absolute atomic E-state index is 13.8. The number of thiophene rings is 1. The summed E-state index contributed by atoms with van der Waals surface area (Å²) in [7, 11) is 0. The molecule has 7 nitrogen and oxygen atoms in total. The van der Waals surface area contributed by atoms with Crippen molar-refractivity contribution in [2.75, 3.05) is 5.32 Å². The molecule has 0 aliphatic carbocycles. The molecular weight excluding hydrogens is 576 g/mol. The molecule has 3 aromatic heterocycles. The van der Waals surface area contributed by atoms with E-state index in [1.807, 2.05) is 0 Å². The van der Waals surface area contributed by atoms with E-state index >= 15 is 0 Å². The molecule has 0 spiro atoms. The lowest BCUT2D eigenvalue weighted by Crippen LogP contribution is -2.16. The molecule has 2 amide bonds. The Morgan fingerprint density at radius 1 is 0.976 bits per heavy atom. The highest BCUT2D eigenvalue weighted by Gasteiger charge is 2.35. The molecule has 0 aliphatic rings. The zero-order chi connectivity index (χ0) is 29.5. The summed E-state index contributed by atoms with van der Waals surface area (Å²) in [5.74, 6) is -4.80. The van der Waals surface area contributed by atoms with E-state index in [4.69, 9.17) is 14.9 Å². The van der Waals surface area contributed by atoms with Gasteiger partial charge in [-0.3, -0.25) is 9.59 Å². The summed E-state index contributed by atoms with van der Waals surface area (Å²) < 4.78 is 92.1. The van der Waals surface area contributed by atoms with Crippen molar-refractivity contribution in [1.82, 2.24) is 4.98 Å². The monoisotopic (exact) mass is 591 g/mol. The second-order valence-corrected chi connectivity index (χ2v) is 9.49. The summed E-state index contributed by atoms with van der Waals surface area (Å²) in [5.41, 5.74) is 4.05. The molecule has 5 aromatic rings. The molecule has 3 heterocycles. The van der Waals surface area contributed by atoms with E-state index in [0.717, 1.165) is 30.3 Å². The number of nitrogens with two attached hydrogens (primary N) is 1. The highest BCUT2D eigenvalue weighted by molar-refractivity contribution is 7.21. The molecule has 210 valence electrons. The smallest absolute Gasteiger partial charge is 0.433 e. The Balaban J connectivity index is 1.51. The van der Waals surface area contributed by atoms with Crippen LogP contribution in [0.4, 0.5) is 32.0 Å². The molecule has 0 radical (unpaired) electrons. The Bertz CT molecular complexity index is 1800. The number of rotatable bonds is 7. The first-order valence-electron chi connectivity index (χ1n) is 11.5. The third-order valence-electron chi connectivity index (χ3n) is 5.72. The number of anilines is 1. The largest absolute Gasteiger partial charge is 0.483 e. The number of nitrogens with one attached hydrogen (secondary N) is 1. The number of alkyl halides is 3. The second kappa shape index (κ2) is 10.6. The van der Waals surface area contributed by atoms with Gasteiger partial charge in [-0.2, -0.15) is 13.2 Å². The van der Waals surface area contributed by atoms with Crippen LogP contribution in [0.1, 0.15) is 31.7 Å². The second-order valence-electron chi connectivity index (χ2n) is 8.49. The minimum absolute atomic E-state index is 0.0290. The molecule has 0 unspecified atom stereocenters. The predicted octanol–water partition coefficient (Wildman–Crippen LogP) is 6.92.